The van der Waals surface area contributed by atoms with Gasteiger partial charge in [0.25, 0.3) is 0 Å². The predicted molar refractivity (Wildman–Crippen MR) is 94.9 cm³/mol. The Morgan fingerprint density at radius 2 is 1.70 bits per heavy atom. The highest BCUT2D eigenvalue weighted by molar-refractivity contribution is 7.93. The van der Waals surface area contributed by atoms with Crippen LogP contribution in [0.4, 0.5) is 0 Å². The zero-order chi connectivity index (χ0) is 17.8. The molecule has 0 aromatic rings. The summed E-state index contributed by atoms with van der Waals surface area (Å²) in [5.74, 6) is -0.305. The quantitative estimate of drug-likeness (QED) is 0.772. The van der Waals surface area contributed by atoms with Crippen molar-refractivity contribution in [3.05, 3.63) is 0 Å². The number of hydrogen-bond acceptors (Lipinski definition) is 4. The Morgan fingerprint density at radius 1 is 1.17 bits per heavy atom. The van der Waals surface area contributed by atoms with Gasteiger partial charge in [-0.3, -0.25) is 4.79 Å². The fourth-order valence-electron chi connectivity index (χ4n) is 3.05. The molecule has 5 nitrogen and oxygen atoms in total. The van der Waals surface area contributed by atoms with Crippen molar-refractivity contribution in [2.24, 2.45) is 17.6 Å². The third kappa shape index (κ3) is 5.75. The molecule has 0 aliphatic heterocycles. The number of amides is 1. The molecule has 2 atom stereocenters. The van der Waals surface area contributed by atoms with E-state index in [2.05, 4.69) is 5.32 Å². The minimum Gasteiger partial charge on any atom is -0.351 e. The summed E-state index contributed by atoms with van der Waals surface area (Å²) >= 11 is 0. The Labute approximate surface area is 141 Å². The average molecular weight is 347 g/mol. The second-order valence-corrected chi connectivity index (χ2v) is 10.9. The molecule has 0 bridgehead atoms. The zero-order valence-corrected chi connectivity index (χ0v) is 16.1. The first-order chi connectivity index (χ1) is 10.5. The number of hydrogen-bond donors (Lipinski definition) is 2. The molecule has 0 spiro atoms. The maximum absolute atomic E-state index is 12.3. The molecule has 0 aromatic carbocycles. The van der Waals surface area contributed by atoms with Crippen molar-refractivity contribution in [1.82, 2.24) is 5.32 Å². The van der Waals surface area contributed by atoms with Crippen molar-refractivity contribution in [2.45, 2.75) is 83.6 Å². The van der Waals surface area contributed by atoms with E-state index in [0.717, 1.165) is 25.7 Å². The third-order valence-electron chi connectivity index (χ3n) is 4.92. The van der Waals surface area contributed by atoms with Gasteiger partial charge in [0, 0.05) is 12.1 Å². The van der Waals surface area contributed by atoms with Gasteiger partial charge in [0.1, 0.15) is 5.75 Å². The second-order valence-electron chi connectivity index (χ2n) is 8.18. The molecule has 136 valence electrons. The standard InChI is InChI=1S/C17H34N2O3S/c1-12(2)15(18)16(13-9-7-6-8-10-13)19-14(20)11-23(21,22)17(3,4)5/h12-13,15-16H,6-11,18H2,1-5H3,(H,19,20). The van der Waals surface area contributed by atoms with Crippen molar-refractivity contribution in [1.29, 1.82) is 0 Å². The van der Waals surface area contributed by atoms with Gasteiger partial charge in [-0.1, -0.05) is 33.1 Å². The van der Waals surface area contributed by atoms with Gasteiger partial charge in [-0.15, -0.1) is 0 Å². The lowest BCUT2D eigenvalue weighted by molar-refractivity contribution is -0.120. The second kappa shape index (κ2) is 7.97. The normalized spacial score (nSPS) is 20.3. The molecule has 6 heteroatoms. The fourth-order valence-corrected chi connectivity index (χ4v) is 3.91. The Kier molecular flexibility index (Phi) is 7.08. The van der Waals surface area contributed by atoms with Crippen LogP contribution in [0.15, 0.2) is 0 Å². The average Bonchev–Trinajstić information content (AvgIpc) is 2.43. The van der Waals surface area contributed by atoms with Crippen LogP contribution in [0, 0.1) is 11.8 Å². The van der Waals surface area contributed by atoms with E-state index in [9.17, 15) is 13.2 Å². The molecule has 1 fully saturated rings. The maximum atomic E-state index is 12.3. The highest BCUT2D eigenvalue weighted by Crippen LogP contribution is 2.29. The summed E-state index contributed by atoms with van der Waals surface area (Å²) in [6.45, 7) is 8.94. The Balaban J connectivity index is 2.82. The van der Waals surface area contributed by atoms with Gasteiger partial charge >= 0.3 is 0 Å². The highest BCUT2D eigenvalue weighted by Gasteiger charge is 2.35. The Bertz CT molecular complexity index is 488. The van der Waals surface area contributed by atoms with Crippen molar-refractivity contribution in [2.75, 3.05) is 5.75 Å². The summed E-state index contributed by atoms with van der Waals surface area (Å²) in [5.41, 5.74) is 6.33. The van der Waals surface area contributed by atoms with Crippen LogP contribution in [0.2, 0.25) is 0 Å². The summed E-state index contributed by atoms with van der Waals surface area (Å²) in [6, 6.07) is -0.294. The number of carbonyl (C=O) groups excluding carboxylic acids is 1. The summed E-state index contributed by atoms with van der Waals surface area (Å²) in [6.07, 6.45) is 5.64. The predicted octanol–water partition coefficient (Wildman–Crippen LogP) is 2.25. The lowest BCUT2D eigenvalue weighted by atomic mass is 9.78. The molecule has 0 saturated heterocycles. The van der Waals surface area contributed by atoms with Gasteiger partial charge in [0.2, 0.25) is 5.91 Å². The van der Waals surface area contributed by atoms with Gasteiger partial charge in [-0.2, -0.15) is 0 Å². The smallest absolute Gasteiger partial charge is 0.235 e. The van der Waals surface area contributed by atoms with Gasteiger partial charge in [0.15, 0.2) is 9.84 Å². The number of nitrogens with two attached hydrogens (primary N) is 1. The van der Waals surface area contributed by atoms with Crippen molar-refractivity contribution >= 4 is 15.7 Å². The molecule has 0 heterocycles. The summed E-state index contributed by atoms with van der Waals surface area (Å²) < 4.78 is 23.5. The Hall–Kier alpha value is -0.620. The summed E-state index contributed by atoms with van der Waals surface area (Å²) in [7, 11) is -3.47. The summed E-state index contributed by atoms with van der Waals surface area (Å²) in [4.78, 5) is 12.3. The molecule has 0 aromatic heterocycles. The monoisotopic (exact) mass is 346 g/mol. The Morgan fingerprint density at radius 3 is 2.13 bits per heavy atom. The molecular weight excluding hydrogens is 312 g/mol. The van der Waals surface area contributed by atoms with Crippen molar-refractivity contribution < 1.29 is 13.2 Å². The number of rotatable bonds is 6. The number of carbonyl (C=O) groups is 1. The molecule has 1 rings (SSSR count). The first-order valence-electron chi connectivity index (χ1n) is 8.73. The van der Waals surface area contributed by atoms with Crippen LogP contribution in [0.3, 0.4) is 0 Å². The van der Waals surface area contributed by atoms with E-state index in [-0.39, 0.29) is 18.0 Å². The first kappa shape index (κ1) is 20.4. The van der Waals surface area contributed by atoms with E-state index in [4.69, 9.17) is 5.73 Å². The van der Waals surface area contributed by atoms with Crippen LogP contribution in [0.1, 0.15) is 66.7 Å². The minimum absolute atomic E-state index is 0.141. The van der Waals surface area contributed by atoms with E-state index in [1.165, 1.54) is 6.42 Å². The molecule has 1 aliphatic carbocycles. The van der Waals surface area contributed by atoms with Gasteiger partial charge in [-0.25, -0.2) is 8.42 Å². The first-order valence-corrected chi connectivity index (χ1v) is 10.4. The molecule has 23 heavy (non-hydrogen) atoms. The summed E-state index contributed by atoms with van der Waals surface area (Å²) in [5, 5.41) is 2.95. The largest absolute Gasteiger partial charge is 0.351 e. The van der Waals surface area contributed by atoms with E-state index in [1.807, 2.05) is 13.8 Å². The van der Waals surface area contributed by atoms with Crippen LogP contribution in [-0.2, 0) is 14.6 Å². The zero-order valence-electron chi connectivity index (χ0n) is 15.3. The minimum atomic E-state index is -3.47. The van der Waals surface area contributed by atoms with E-state index in [1.54, 1.807) is 20.8 Å². The molecular formula is C17H34N2O3S. The molecule has 0 radical (unpaired) electrons. The van der Waals surface area contributed by atoms with Crippen molar-refractivity contribution in [3.8, 4) is 0 Å². The maximum Gasteiger partial charge on any atom is 0.235 e. The lowest BCUT2D eigenvalue weighted by Crippen LogP contribution is -2.55. The van der Waals surface area contributed by atoms with Crippen LogP contribution < -0.4 is 11.1 Å². The molecule has 2 unspecified atom stereocenters. The number of sulfone groups is 1. The molecule has 1 saturated carbocycles. The fraction of sp³-hybridized carbons (Fsp3) is 0.941. The van der Waals surface area contributed by atoms with E-state index >= 15 is 0 Å². The topological polar surface area (TPSA) is 89.3 Å². The van der Waals surface area contributed by atoms with Gasteiger partial charge < -0.3 is 11.1 Å². The van der Waals surface area contributed by atoms with Gasteiger partial charge in [-0.05, 0) is 45.4 Å². The molecule has 1 amide bonds. The van der Waals surface area contributed by atoms with Crippen LogP contribution in [-0.4, -0.2) is 36.9 Å². The van der Waals surface area contributed by atoms with Crippen LogP contribution in [0.5, 0.6) is 0 Å². The SMILES string of the molecule is CC(C)C(N)C(NC(=O)CS(=O)(=O)C(C)(C)C)C1CCCCC1. The van der Waals surface area contributed by atoms with Gasteiger partial charge in [0.05, 0.1) is 4.75 Å². The molecule has 3 N–H and O–H groups in total. The van der Waals surface area contributed by atoms with E-state index < -0.39 is 26.2 Å². The lowest BCUT2D eigenvalue weighted by Gasteiger charge is -2.36. The highest BCUT2D eigenvalue weighted by atomic mass is 32.2. The molecule has 1 aliphatic rings. The van der Waals surface area contributed by atoms with Crippen LogP contribution >= 0.6 is 0 Å². The third-order valence-corrected chi connectivity index (χ3v) is 7.43. The van der Waals surface area contributed by atoms with E-state index in [0.29, 0.717) is 5.92 Å². The van der Waals surface area contributed by atoms with Crippen LogP contribution in [0.25, 0.3) is 0 Å². The number of nitrogens with one attached hydrogen (secondary N) is 1. The van der Waals surface area contributed by atoms with Crippen molar-refractivity contribution in [3.63, 3.8) is 0 Å².